The minimum Gasteiger partial charge on any atom is -0.491 e. The second-order valence-electron chi connectivity index (χ2n) is 4.60. The van der Waals surface area contributed by atoms with Gasteiger partial charge < -0.3 is 10.5 Å². The highest BCUT2D eigenvalue weighted by Gasteiger charge is 2.02. The predicted octanol–water partition coefficient (Wildman–Crippen LogP) is 3.60. The molecule has 0 saturated heterocycles. The highest BCUT2D eigenvalue weighted by Crippen LogP contribution is 2.25. The Morgan fingerprint density at radius 1 is 1.00 bits per heavy atom. The molecule has 18 heavy (non-hydrogen) atoms. The summed E-state index contributed by atoms with van der Waals surface area (Å²) < 4.78 is 5.71. The van der Waals surface area contributed by atoms with Crippen molar-refractivity contribution in [2.24, 2.45) is 5.73 Å². The predicted molar refractivity (Wildman–Crippen MR) is 75.5 cm³/mol. The smallest absolute Gasteiger partial charge is 0.120 e. The summed E-state index contributed by atoms with van der Waals surface area (Å²) in [6.45, 7) is 4.62. The van der Waals surface area contributed by atoms with Gasteiger partial charge in [-0.2, -0.15) is 0 Å². The molecule has 0 bridgehead atoms. The first-order valence-electron chi connectivity index (χ1n) is 6.25. The van der Waals surface area contributed by atoms with Gasteiger partial charge in [0.05, 0.1) is 6.10 Å². The third-order valence-corrected chi connectivity index (χ3v) is 2.70. The summed E-state index contributed by atoms with van der Waals surface area (Å²) in [6.07, 6.45) is 0.190. The van der Waals surface area contributed by atoms with Crippen LogP contribution in [0.15, 0.2) is 48.5 Å². The number of hydrogen-bond acceptors (Lipinski definition) is 2. The molecule has 0 unspecified atom stereocenters. The normalized spacial score (nSPS) is 10.7. The Morgan fingerprint density at radius 3 is 2.33 bits per heavy atom. The molecule has 0 aromatic heterocycles. The van der Waals surface area contributed by atoms with Crippen LogP contribution in [0.25, 0.3) is 11.1 Å². The lowest BCUT2D eigenvalue weighted by molar-refractivity contribution is 0.242. The number of hydrogen-bond donors (Lipinski definition) is 1. The molecule has 0 aliphatic rings. The monoisotopic (exact) mass is 241 g/mol. The zero-order valence-electron chi connectivity index (χ0n) is 10.9. The quantitative estimate of drug-likeness (QED) is 0.887. The molecule has 0 radical (unpaired) electrons. The van der Waals surface area contributed by atoms with Crippen LogP contribution < -0.4 is 10.5 Å². The van der Waals surface area contributed by atoms with Crippen molar-refractivity contribution in [2.45, 2.75) is 26.5 Å². The summed E-state index contributed by atoms with van der Waals surface area (Å²) in [5, 5.41) is 0. The van der Waals surface area contributed by atoms with Crippen molar-refractivity contribution in [3.8, 4) is 16.9 Å². The number of benzene rings is 2. The van der Waals surface area contributed by atoms with Crippen molar-refractivity contribution in [1.29, 1.82) is 0 Å². The van der Waals surface area contributed by atoms with Crippen molar-refractivity contribution < 1.29 is 4.74 Å². The van der Waals surface area contributed by atoms with Gasteiger partial charge in [0.2, 0.25) is 0 Å². The molecule has 2 aromatic carbocycles. The Morgan fingerprint density at radius 2 is 1.67 bits per heavy atom. The van der Waals surface area contributed by atoms with E-state index in [1.54, 1.807) is 0 Å². The highest BCUT2D eigenvalue weighted by molar-refractivity contribution is 5.65. The van der Waals surface area contributed by atoms with Crippen LogP contribution in [0.2, 0.25) is 0 Å². The van der Waals surface area contributed by atoms with Gasteiger partial charge in [-0.25, -0.2) is 0 Å². The second kappa shape index (κ2) is 5.69. The summed E-state index contributed by atoms with van der Waals surface area (Å²) in [6, 6.07) is 16.4. The van der Waals surface area contributed by atoms with Gasteiger partial charge in [0.15, 0.2) is 0 Å². The number of ether oxygens (including phenoxy) is 1. The molecule has 0 heterocycles. The van der Waals surface area contributed by atoms with E-state index in [0.717, 1.165) is 16.9 Å². The van der Waals surface area contributed by atoms with Crippen molar-refractivity contribution in [3.05, 3.63) is 54.1 Å². The molecule has 2 rings (SSSR count). The molecule has 0 fully saturated rings. The molecular formula is C16H19NO. The molecule has 0 aliphatic heterocycles. The van der Waals surface area contributed by atoms with Crippen LogP contribution in [0, 0.1) is 0 Å². The fraction of sp³-hybridized carbons (Fsp3) is 0.250. The SMILES string of the molecule is CC(C)Oc1cccc(-c2cccc(CN)c2)c1. The molecule has 2 aromatic rings. The lowest BCUT2D eigenvalue weighted by atomic mass is 10.0. The Hall–Kier alpha value is -1.80. The van der Waals surface area contributed by atoms with E-state index < -0.39 is 0 Å². The molecule has 2 N–H and O–H groups in total. The van der Waals surface area contributed by atoms with Crippen molar-refractivity contribution in [2.75, 3.05) is 0 Å². The summed E-state index contributed by atoms with van der Waals surface area (Å²) in [7, 11) is 0. The standard InChI is InChI=1S/C16H19NO/c1-12(2)18-16-8-4-7-15(10-16)14-6-3-5-13(9-14)11-17/h3-10,12H,11,17H2,1-2H3. The maximum absolute atomic E-state index is 5.71. The third-order valence-electron chi connectivity index (χ3n) is 2.70. The first-order chi connectivity index (χ1) is 8.69. The summed E-state index contributed by atoms with van der Waals surface area (Å²) in [5.74, 6) is 0.903. The summed E-state index contributed by atoms with van der Waals surface area (Å²) in [5.41, 5.74) is 9.14. The molecule has 2 heteroatoms. The van der Waals surface area contributed by atoms with Gasteiger partial charge in [0.25, 0.3) is 0 Å². The molecule has 94 valence electrons. The van der Waals surface area contributed by atoms with Crippen LogP contribution in [0.5, 0.6) is 5.75 Å². The average molecular weight is 241 g/mol. The fourth-order valence-electron chi connectivity index (χ4n) is 1.90. The lowest BCUT2D eigenvalue weighted by Gasteiger charge is -2.11. The number of rotatable bonds is 4. The van der Waals surface area contributed by atoms with Crippen molar-refractivity contribution in [3.63, 3.8) is 0 Å². The lowest BCUT2D eigenvalue weighted by Crippen LogP contribution is -2.05. The van der Waals surface area contributed by atoms with E-state index in [2.05, 4.69) is 24.3 Å². The maximum Gasteiger partial charge on any atom is 0.120 e. The van der Waals surface area contributed by atoms with Crippen LogP contribution in [0.3, 0.4) is 0 Å². The van der Waals surface area contributed by atoms with E-state index in [9.17, 15) is 0 Å². The molecular weight excluding hydrogens is 222 g/mol. The van der Waals surface area contributed by atoms with Gasteiger partial charge in [-0.1, -0.05) is 30.3 Å². The topological polar surface area (TPSA) is 35.2 Å². The minimum absolute atomic E-state index is 0.190. The average Bonchev–Trinajstić information content (AvgIpc) is 2.38. The Kier molecular flexibility index (Phi) is 4.00. The first-order valence-corrected chi connectivity index (χ1v) is 6.25. The zero-order chi connectivity index (χ0) is 13.0. The highest BCUT2D eigenvalue weighted by atomic mass is 16.5. The van der Waals surface area contributed by atoms with E-state index in [1.165, 1.54) is 5.56 Å². The van der Waals surface area contributed by atoms with Gasteiger partial charge in [-0.15, -0.1) is 0 Å². The van der Waals surface area contributed by atoms with E-state index in [-0.39, 0.29) is 6.10 Å². The molecule has 2 nitrogen and oxygen atoms in total. The van der Waals surface area contributed by atoms with Crippen LogP contribution in [0.4, 0.5) is 0 Å². The Labute approximate surface area is 108 Å². The Bertz CT molecular complexity index is 520. The number of nitrogens with two attached hydrogens (primary N) is 1. The largest absolute Gasteiger partial charge is 0.491 e. The summed E-state index contributed by atoms with van der Waals surface area (Å²) in [4.78, 5) is 0. The van der Waals surface area contributed by atoms with Crippen LogP contribution in [-0.4, -0.2) is 6.10 Å². The van der Waals surface area contributed by atoms with E-state index in [0.29, 0.717) is 6.54 Å². The van der Waals surface area contributed by atoms with Gasteiger partial charge >= 0.3 is 0 Å². The van der Waals surface area contributed by atoms with Gasteiger partial charge in [-0.3, -0.25) is 0 Å². The maximum atomic E-state index is 5.71. The van der Waals surface area contributed by atoms with E-state index in [4.69, 9.17) is 10.5 Å². The first kappa shape index (κ1) is 12.7. The van der Waals surface area contributed by atoms with Crippen LogP contribution in [0.1, 0.15) is 19.4 Å². The Balaban J connectivity index is 2.32. The van der Waals surface area contributed by atoms with Crippen molar-refractivity contribution in [1.82, 2.24) is 0 Å². The van der Waals surface area contributed by atoms with E-state index in [1.807, 2.05) is 38.1 Å². The van der Waals surface area contributed by atoms with Crippen molar-refractivity contribution >= 4 is 0 Å². The molecule has 0 saturated carbocycles. The van der Waals surface area contributed by atoms with E-state index >= 15 is 0 Å². The molecule has 0 spiro atoms. The third kappa shape index (κ3) is 3.11. The van der Waals surface area contributed by atoms with Gasteiger partial charge in [-0.05, 0) is 48.7 Å². The molecule has 0 atom stereocenters. The molecule has 0 amide bonds. The molecule has 0 aliphatic carbocycles. The minimum atomic E-state index is 0.190. The fourth-order valence-corrected chi connectivity index (χ4v) is 1.90. The van der Waals surface area contributed by atoms with Gasteiger partial charge in [0, 0.05) is 6.54 Å². The van der Waals surface area contributed by atoms with Gasteiger partial charge in [0.1, 0.15) is 5.75 Å². The summed E-state index contributed by atoms with van der Waals surface area (Å²) >= 11 is 0. The van der Waals surface area contributed by atoms with Crippen LogP contribution in [-0.2, 0) is 6.54 Å². The zero-order valence-corrected chi connectivity index (χ0v) is 10.9. The second-order valence-corrected chi connectivity index (χ2v) is 4.60. The van der Waals surface area contributed by atoms with Crippen LogP contribution >= 0.6 is 0 Å².